The van der Waals surface area contributed by atoms with E-state index >= 15 is 0 Å². The number of piperazine rings is 1. The van der Waals surface area contributed by atoms with Gasteiger partial charge in [-0.05, 0) is 57.3 Å². The highest BCUT2D eigenvalue weighted by atomic mass is 19.1. The molecule has 7 heteroatoms. The standard InChI is InChI=1S/C24H41FN4O2/c1-16-5-6-21(25)20-14-22(27-23(16)20)24(30)26-17-3-2-4-18(13-17)28-8-10-29(11-9-28)19-7-12-31-15-19/h16-23,27H,2-15H2,1H3,(H,26,30)/t16?,17-,18-,19?,20?,21?,22?,23?/m1/s1. The first kappa shape index (κ1) is 22.1. The number of nitrogens with one attached hydrogen (secondary N) is 2. The van der Waals surface area contributed by atoms with Crippen molar-refractivity contribution in [3.05, 3.63) is 0 Å². The third kappa shape index (κ3) is 4.80. The van der Waals surface area contributed by atoms with Crippen LogP contribution in [0.5, 0.6) is 0 Å². The molecule has 0 spiro atoms. The number of rotatable bonds is 4. The van der Waals surface area contributed by atoms with Gasteiger partial charge >= 0.3 is 0 Å². The number of hydrogen-bond donors (Lipinski definition) is 2. The summed E-state index contributed by atoms with van der Waals surface area (Å²) >= 11 is 0. The Morgan fingerprint density at radius 3 is 2.48 bits per heavy atom. The normalized spacial score (nSPS) is 44.8. The topological polar surface area (TPSA) is 56.8 Å². The molecular formula is C24H41FN4O2. The molecule has 3 saturated heterocycles. The Morgan fingerprint density at radius 2 is 1.77 bits per heavy atom. The van der Waals surface area contributed by atoms with Crippen molar-refractivity contribution >= 4 is 5.91 Å². The number of amides is 1. The minimum absolute atomic E-state index is 0.0140. The second kappa shape index (κ2) is 9.62. The first-order chi connectivity index (χ1) is 15.1. The van der Waals surface area contributed by atoms with Crippen molar-refractivity contribution in [3.8, 4) is 0 Å². The van der Waals surface area contributed by atoms with Crippen molar-refractivity contribution in [1.29, 1.82) is 0 Å². The Morgan fingerprint density at radius 1 is 1.00 bits per heavy atom. The number of carbonyl (C=O) groups excluding carboxylic acids is 1. The van der Waals surface area contributed by atoms with Gasteiger partial charge in [-0.3, -0.25) is 14.6 Å². The van der Waals surface area contributed by atoms with Crippen molar-refractivity contribution in [3.63, 3.8) is 0 Å². The quantitative estimate of drug-likeness (QED) is 0.705. The van der Waals surface area contributed by atoms with Gasteiger partial charge in [-0.1, -0.05) is 6.92 Å². The first-order valence-electron chi connectivity index (χ1n) is 12.8. The van der Waals surface area contributed by atoms with Crippen LogP contribution in [-0.4, -0.2) is 91.5 Å². The van der Waals surface area contributed by atoms with Gasteiger partial charge in [0.05, 0.1) is 12.6 Å². The van der Waals surface area contributed by atoms with Gasteiger partial charge in [0.15, 0.2) is 0 Å². The molecule has 0 aromatic rings. The number of alkyl halides is 1. The van der Waals surface area contributed by atoms with Crippen LogP contribution in [0.4, 0.5) is 4.39 Å². The number of hydrogen-bond acceptors (Lipinski definition) is 5. The summed E-state index contributed by atoms with van der Waals surface area (Å²) in [5, 5.41) is 6.84. The van der Waals surface area contributed by atoms with Crippen LogP contribution in [0.2, 0.25) is 0 Å². The monoisotopic (exact) mass is 436 g/mol. The van der Waals surface area contributed by atoms with E-state index in [4.69, 9.17) is 4.74 Å². The van der Waals surface area contributed by atoms with Gasteiger partial charge in [0, 0.05) is 62.9 Å². The van der Waals surface area contributed by atoms with Crippen LogP contribution < -0.4 is 10.6 Å². The predicted molar refractivity (Wildman–Crippen MR) is 119 cm³/mol. The summed E-state index contributed by atoms with van der Waals surface area (Å²) in [6.45, 7) is 8.55. The van der Waals surface area contributed by atoms with Gasteiger partial charge < -0.3 is 15.4 Å². The molecule has 2 N–H and O–H groups in total. The van der Waals surface area contributed by atoms with Crippen LogP contribution in [0.1, 0.15) is 58.3 Å². The SMILES string of the molecule is CC1CCC(F)C2CC(C(=O)N[C@@H]3CCC[C@@H](N4CCN(C5CCOC5)CC4)C3)NC12. The molecule has 6 nitrogen and oxygen atoms in total. The molecule has 3 aliphatic heterocycles. The molecule has 0 aromatic heterocycles. The molecule has 2 saturated carbocycles. The summed E-state index contributed by atoms with van der Waals surface area (Å²) < 4.78 is 20.0. The molecule has 5 rings (SSSR count). The number of nitrogens with zero attached hydrogens (tertiary/aromatic N) is 2. The molecular weight excluding hydrogens is 395 g/mol. The summed E-state index contributed by atoms with van der Waals surface area (Å²) in [5.41, 5.74) is 0. The lowest BCUT2D eigenvalue weighted by atomic mass is 9.77. The fraction of sp³-hybridized carbons (Fsp3) is 0.958. The van der Waals surface area contributed by atoms with Crippen molar-refractivity contribution in [2.75, 3.05) is 39.4 Å². The van der Waals surface area contributed by atoms with Gasteiger partial charge in [0.25, 0.3) is 0 Å². The third-order valence-corrected chi connectivity index (χ3v) is 8.93. The van der Waals surface area contributed by atoms with E-state index in [2.05, 4.69) is 27.4 Å². The van der Waals surface area contributed by atoms with Crippen molar-refractivity contribution in [2.24, 2.45) is 11.8 Å². The highest BCUT2D eigenvalue weighted by molar-refractivity contribution is 5.82. The zero-order valence-corrected chi connectivity index (χ0v) is 19.1. The van der Waals surface area contributed by atoms with Gasteiger partial charge in [0.2, 0.25) is 5.91 Å². The molecule has 0 bridgehead atoms. The predicted octanol–water partition coefficient (Wildman–Crippen LogP) is 1.94. The van der Waals surface area contributed by atoms with Crippen LogP contribution in [0.25, 0.3) is 0 Å². The van der Waals surface area contributed by atoms with Gasteiger partial charge in [-0.2, -0.15) is 0 Å². The fourth-order valence-electron chi connectivity index (χ4n) is 7.01. The van der Waals surface area contributed by atoms with Crippen LogP contribution >= 0.6 is 0 Å². The zero-order chi connectivity index (χ0) is 21.4. The summed E-state index contributed by atoms with van der Waals surface area (Å²) in [6.07, 6.45) is 7.22. The Kier molecular flexibility index (Phi) is 6.84. The van der Waals surface area contributed by atoms with Gasteiger partial charge in [-0.15, -0.1) is 0 Å². The van der Waals surface area contributed by atoms with Crippen LogP contribution in [0, 0.1) is 11.8 Å². The molecule has 2 aliphatic carbocycles. The number of halogens is 1. The van der Waals surface area contributed by atoms with E-state index in [9.17, 15) is 9.18 Å². The van der Waals surface area contributed by atoms with E-state index in [1.807, 2.05) is 0 Å². The smallest absolute Gasteiger partial charge is 0.237 e. The number of ether oxygens (including phenoxy) is 1. The lowest BCUT2D eigenvalue weighted by Crippen LogP contribution is -2.56. The van der Waals surface area contributed by atoms with Gasteiger partial charge in [0.1, 0.15) is 6.17 Å². The molecule has 176 valence electrons. The zero-order valence-electron chi connectivity index (χ0n) is 19.1. The Balaban J connectivity index is 1.10. The van der Waals surface area contributed by atoms with Crippen molar-refractivity contribution in [1.82, 2.24) is 20.4 Å². The largest absolute Gasteiger partial charge is 0.380 e. The molecule has 0 aromatic carbocycles. The summed E-state index contributed by atoms with van der Waals surface area (Å²) in [5.74, 6) is 0.578. The maximum atomic E-state index is 14.4. The molecule has 3 heterocycles. The minimum Gasteiger partial charge on any atom is -0.380 e. The maximum absolute atomic E-state index is 14.4. The maximum Gasteiger partial charge on any atom is 0.237 e. The number of carbonyl (C=O) groups is 1. The molecule has 5 fully saturated rings. The van der Waals surface area contributed by atoms with E-state index in [0.29, 0.717) is 30.8 Å². The van der Waals surface area contributed by atoms with Crippen LogP contribution in [0.15, 0.2) is 0 Å². The molecule has 31 heavy (non-hydrogen) atoms. The lowest BCUT2D eigenvalue weighted by Gasteiger charge is -2.43. The van der Waals surface area contributed by atoms with E-state index in [1.54, 1.807) is 0 Å². The highest BCUT2D eigenvalue weighted by Gasteiger charge is 2.46. The molecule has 6 unspecified atom stereocenters. The Hall–Kier alpha value is -0.760. The summed E-state index contributed by atoms with van der Waals surface area (Å²) in [4.78, 5) is 18.3. The van der Waals surface area contributed by atoms with Crippen LogP contribution in [-0.2, 0) is 9.53 Å². The van der Waals surface area contributed by atoms with E-state index < -0.39 is 6.17 Å². The van der Waals surface area contributed by atoms with E-state index in [0.717, 1.165) is 58.7 Å². The average molecular weight is 437 g/mol. The third-order valence-electron chi connectivity index (χ3n) is 8.93. The van der Waals surface area contributed by atoms with E-state index in [-0.39, 0.29) is 30.0 Å². The van der Waals surface area contributed by atoms with E-state index in [1.165, 1.54) is 19.3 Å². The number of fused-ring (bicyclic) bond motifs is 1. The summed E-state index contributed by atoms with van der Waals surface area (Å²) in [7, 11) is 0. The first-order valence-corrected chi connectivity index (χ1v) is 12.8. The molecule has 5 aliphatic rings. The second-order valence-corrected chi connectivity index (χ2v) is 10.8. The molecule has 1 amide bonds. The van der Waals surface area contributed by atoms with Crippen molar-refractivity contribution < 1.29 is 13.9 Å². The molecule has 0 radical (unpaired) electrons. The van der Waals surface area contributed by atoms with Crippen LogP contribution in [0.3, 0.4) is 0 Å². The van der Waals surface area contributed by atoms with Gasteiger partial charge in [-0.25, -0.2) is 4.39 Å². The lowest BCUT2D eigenvalue weighted by molar-refractivity contribution is -0.124. The molecule has 8 atom stereocenters. The fourth-order valence-corrected chi connectivity index (χ4v) is 7.01. The highest BCUT2D eigenvalue weighted by Crippen LogP contribution is 2.38. The Labute approximate surface area is 186 Å². The van der Waals surface area contributed by atoms with Crippen molar-refractivity contribution in [2.45, 2.75) is 94.7 Å². The average Bonchev–Trinajstić information content (AvgIpc) is 3.48. The summed E-state index contributed by atoms with van der Waals surface area (Å²) in [6, 6.07) is 1.41. The second-order valence-electron chi connectivity index (χ2n) is 10.8. The minimum atomic E-state index is -0.750. The Bertz CT molecular complexity index is 605.